The fourth-order valence-corrected chi connectivity index (χ4v) is 1.69. The van der Waals surface area contributed by atoms with Crippen LogP contribution in [-0.2, 0) is 4.79 Å². The molecule has 0 aliphatic heterocycles. The number of Topliss-reactive ketones (excluding diaryl/α,β-unsaturated/α-hetero) is 1. The van der Waals surface area contributed by atoms with Crippen molar-refractivity contribution >= 4 is 35.1 Å². The van der Waals surface area contributed by atoms with Gasteiger partial charge in [0.2, 0.25) is 0 Å². The second-order valence-corrected chi connectivity index (χ2v) is 4.34. The minimum Gasteiger partial charge on any atom is -0.389 e. The monoisotopic (exact) mass is 258 g/mol. The van der Waals surface area contributed by atoms with Crippen molar-refractivity contribution in [3.05, 3.63) is 39.9 Å². The van der Waals surface area contributed by atoms with Crippen LogP contribution < -0.4 is 0 Å². The molecule has 0 bridgehead atoms. The summed E-state index contributed by atoms with van der Waals surface area (Å²) in [5, 5.41) is 10.5. The Balaban J connectivity index is 2.72. The average molecular weight is 259 g/mol. The van der Waals surface area contributed by atoms with E-state index in [-0.39, 0.29) is 12.2 Å². The quantitative estimate of drug-likeness (QED) is 0.900. The van der Waals surface area contributed by atoms with E-state index in [4.69, 9.17) is 23.2 Å². The van der Waals surface area contributed by atoms with E-state index in [1.807, 2.05) is 0 Å². The summed E-state index contributed by atoms with van der Waals surface area (Å²) in [4.78, 5) is 10.7. The van der Waals surface area contributed by atoms with Crippen molar-refractivity contribution in [3.8, 4) is 0 Å². The molecule has 0 saturated carbocycles. The minimum absolute atomic E-state index is 0.0562. The number of halogens is 2. The van der Waals surface area contributed by atoms with E-state index in [1.54, 1.807) is 24.3 Å². The van der Waals surface area contributed by atoms with Crippen LogP contribution in [0.5, 0.6) is 0 Å². The van der Waals surface area contributed by atoms with E-state index in [0.29, 0.717) is 10.0 Å². The SMILES string of the molecule is CC(=O)C[C@H](O)/C=C/c1ccc(Cl)cc1Cl. The zero-order valence-corrected chi connectivity index (χ0v) is 10.3. The van der Waals surface area contributed by atoms with Gasteiger partial charge in [-0.2, -0.15) is 0 Å². The molecule has 1 aromatic carbocycles. The summed E-state index contributed by atoms with van der Waals surface area (Å²) in [5.74, 6) is -0.0562. The second kappa shape index (κ2) is 6.04. The smallest absolute Gasteiger partial charge is 0.132 e. The van der Waals surface area contributed by atoms with Gasteiger partial charge < -0.3 is 5.11 Å². The first kappa shape index (κ1) is 13.2. The Hall–Kier alpha value is -0.830. The fourth-order valence-electron chi connectivity index (χ4n) is 1.21. The Morgan fingerprint density at radius 3 is 2.75 bits per heavy atom. The average Bonchev–Trinajstić information content (AvgIpc) is 2.15. The van der Waals surface area contributed by atoms with Gasteiger partial charge in [0.15, 0.2) is 0 Å². The van der Waals surface area contributed by atoms with Gasteiger partial charge in [0, 0.05) is 16.5 Å². The third kappa shape index (κ3) is 4.35. The number of ketones is 1. The van der Waals surface area contributed by atoms with E-state index in [2.05, 4.69) is 0 Å². The molecule has 16 heavy (non-hydrogen) atoms. The highest BCUT2D eigenvalue weighted by Crippen LogP contribution is 2.22. The Bertz CT molecular complexity index is 413. The van der Waals surface area contributed by atoms with Gasteiger partial charge in [-0.1, -0.05) is 41.4 Å². The van der Waals surface area contributed by atoms with E-state index in [9.17, 15) is 9.90 Å². The fraction of sp³-hybridized carbons (Fsp3) is 0.250. The molecule has 0 unspecified atom stereocenters. The number of aliphatic hydroxyl groups is 1. The van der Waals surface area contributed by atoms with Crippen LogP contribution in [0.15, 0.2) is 24.3 Å². The van der Waals surface area contributed by atoms with Crippen molar-refractivity contribution in [1.82, 2.24) is 0 Å². The van der Waals surface area contributed by atoms with Gasteiger partial charge in [-0.15, -0.1) is 0 Å². The summed E-state index contributed by atoms with van der Waals surface area (Å²) in [6, 6.07) is 5.09. The van der Waals surface area contributed by atoms with Crippen LogP contribution >= 0.6 is 23.2 Å². The van der Waals surface area contributed by atoms with Crippen molar-refractivity contribution in [1.29, 1.82) is 0 Å². The molecule has 0 saturated heterocycles. The van der Waals surface area contributed by atoms with Crippen LogP contribution in [0, 0.1) is 0 Å². The summed E-state index contributed by atoms with van der Waals surface area (Å²) in [7, 11) is 0. The Labute approximate surface area is 104 Å². The van der Waals surface area contributed by atoms with Gasteiger partial charge in [-0.3, -0.25) is 4.79 Å². The molecule has 1 atom stereocenters. The molecule has 86 valence electrons. The lowest BCUT2D eigenvalue weighted by Crippen LogP contribution is -2.07. The highest BCUT2D eigenvalue weighted by Gasteiger charge is 2.03. The van der Waals surface area contributed by atoms with Crippen LogP contribution in [0.3, 0.4) is 0 Å². The lowest BCUT2D eigenvalue weighted by molar-refractivity contribution is -0.118. The van der Waals surface area contributed by atoms with Crippen molar-refractivity contribution in [2.45, 2.75) is 19.4 Å². The highest BCUT2D eigenvalue weighted by molar-refractivity contribution is 6.35. The molecule has 0 amide bonds. The summed E-state index contributed by atoms with van der Waals surface area (Å²) in [5.41, 5.74) is 0.758. The number of rotatable bonds is 4. The standard InChI is InChI=1S/C12H12Cl2O2/c1-8(15)6-11(16)5-3-9-2-4-10(13)7-12(9)14/h2-5,7,11,16H,6H2,1H3/b5-3+/t11-/m1/s1. The molecule has 0 aliphatic rings. The number of benzene rings is 1. The molecule has 0 heterocycles. The molecule has 0 radical (unpaired) electrons. The predicted molar refractivity (Wildman–Crippen MR) is 66.8 cm³/mol. The topological polar surface area (TPSA) is 37.3 Å². The molecule has 4 heteroatoms. The number of carbonyl (C=O) groups is 1. The normalized spacial score (nSPS) is 13.0. The van der Waals surface area contributed by atoms with Gasteiger partial charge in [-0.25, -0.2) is 0 Å². The number of aliphatic hydroxyl groups excluding tert-OH is 1. The van der Waals surface area contributed by atoms with E-state index >= 15 is 0 Å². The maximum absolute atomic E-state index is 10.7. The number of carbonyl (C=O) groups excluding carboxylic acids is 1. The third-order valence-corrected chi connectivity index (χ3v) is 2.52. The highest BCUT2D eigenvalue weighted by atomic mass is 35.5. The first-order valence-electron chi connectivity index (χ1n) is 4.80. The van der Waals surface area contributed by atoms with Gasteiger partial charge >= 0.3 is 0 Å². The number of hydrogen-bond acceptors (Lipinski definition) is 2. The van der Waals surface area contributed by atoms with E-state index < -0.39 is 6.10 Å². The summed E-state index contributed by atoms with van der Waals surface area (Å²) >= 11 is 11.7. The lowest BCUT2D eigenvalue weighted by atomic mass is 10.1. The van der Waals surface area contributed by atoms with Crippen molar-refractivity contribution in [3.63, 3.8) is 0 Å². The first-order chi connectivity index (χ1) is 7.49. The van der Waals surface area contributed by atoms with Crippen molar-refractivity contribution in [2.24, 2.45) is 0 Å². The largest absolute Gasteiger partial charge is 0.389 e. The van der Waals surface area contributed by atoms with Gasteiger partial charge in [0.1, 0.15) is 5.78 Å². The lowest BCUT2D eigenvalue weighted by Gasteiger charge is -2.02. The van der Waals surface area contributed by atoms with Gasteiger partial charge in [-0.05, 0) is 24.6 Å². The Kier molecular flexibility index (Phi) is 5.00. The van der Waals surface area contributed by atoms with Gasteiger partial charge in [0.25, 0.3) is 0 Å². The summed E-state index contributed by atoms with van der Waals surface area (Å²) in [6.07, 6.45) is 2.55. The van der Waals surface area contributed by atoms with Crippen LogP contribution in [0.1, 0.15) is 18.9 Å². The van der Waals surface area contributed by atoms with Crippen LogP contribution in [0.4, 0.5) is 0 Å². The number of hydrogen-bond donors (Lipinski definition) is 1. The molecule has 0 aliphatic carbocycles. The zero-order chi connectivity index (χ0) is 12.1. The third-order valence-electron chi connectivity index (χ3n) is 1.96. The van der Waals surface area contributed by atoms with Crippen molar-refractivity contribution < 1.29 is 9.90 Å². The Morgan fingerprint density at radius 1 is 1.50 bits per heavy atom. The van der Waals surface area contributed by atoms with Crippen LogP contribution in [0.25, 0.3) is 6.08 Å². The molecule has 0 fully saturated rings. The maximum atomic E-state index is 10.7. The molecule has 1 aromatic rings. The summed E-state index contributed by atoms with van der Waals surface area (Å²) < 4.78 is 0. The Morgan fingerprint density at radius 2 is 2.19 bits per heavy atom. The van der Waals surface area contributed by atoms with E-state index in [1.165, 1.54) is 13.0 Å². The molecule has 1 rings (SSSR count). The molecule has 2 nitrogen and oxygen atoms in total. The zero-order valence-electron chi connectivity index (χ0n) is 8.78. The van der Waals surface area contributed by atoms with Crippen LogP contribution in [0.2, 0.25) is 10.0 Å². The summed E-state index contributed by atoms with van der Waals surface area (Å²) in [6.45, 7) is 1.44. The van der Waals surface area contributed by atoms with Crippen molar-refractivity contribution in [2.75, 3.05) is 0 Å². The van der Waals surface area contributed by atoms with E-state index in [0.717, 1.165) is 5.56 Å². The molecule has 0 spiro atoms. The minimum atomic E-state index is -0.774. The molecular formula is C12H12Cl2O2. The molecule has 0 aromatic heterocycles. The molecular weight excluding hydrogens is 247 g/mol. The predicted octanol–water partition coefficient (Wildman–Crippen LogP) is 3.35. The first-order valence-corrected chi connectivity index (χ1v) is 5.55. The molecule has 1 N–H and O–H groups in total. The van der Waals surface area contributed by atoms with Crippen LogP contribution in [-0.4, -0.2) is 17.0 Å². The van der Waals surface area contributed by atoms with Gasteiger partial charge in [0.05, 0.1) is 6.10 Å². The maximum Gasteiger partial charge on any atom is 0.132 e. The second-order valence-electron chi connectivity index (χ2n) is 3.50.